The monoisotopic (exact) mass is 271 g/mol. The summed E-state index contributed by atoms with van der Waals surface area (Å²) in [7, 11) is 1.91. The summed E-state index contributed by atoms with van der Waals surface area (Å²) >= 11 is 1.73. The summed E-state index contributed by atoms with van der Waals surface area (Å²) in [6.07, 6.45) is 2.03. The summed E-state index contributed by atoms with van der Waals surface area (Å²) in [4.78, 5) is 1.99. The third kappa shape index (κ3) is 3.29. The van der Waals surface area contributed by atoms with Crippen LogP contribution in [0.4, 0.5) is 10.1 Å². The summed E-state index contributed by atoms with van der Waals surface area (Å²) < 4.78 is 13.2. The molecule has 1 aromatic rings. The Kier molecular flexibility index (Phi) is 5.27. The standard InChI is InChI=1S/C12H18FN3OS/c1-8(7-18-3)16(2)11-5-4-9(13)6-10(11)12(14)15-17/h4-6,8,17H,7H2,1-3H3,(H2,14,15). The largest absolute Gasteiger partial charge is 0.409 e. The summed E-state index contributed by atoms with van der Waals surface area (Å²) in [6, 6.07) is 4.54. The van der Waals surface area contributed by atoms with Gasteiger partial charge in [0.2, 0.25) is 0 Å². The van der Waals surface area contributed by atoms with Crippen molar-refractivity contribution in [1.29, 1.82) is 0 Å². The molecule has 4 nitrogen and oxygen atoms in total. The molecular formula is C12H18FN3OS. The molecule has 18 heavy (non-hydrogen) atoms. The maximum atomic E-state index is 13.2. The SMILES string of the molecule is CSCC(C)N(C)c1ccc(F)cc1/C(N)=N/O. The highest BCUT2D eigenvalue weighted by molar-refractivity contribution is 7.98. The smallest absolute Gasteiger partial charge is 0.172 e. The van der Waals surface area contributed by atoms with Crippen molar-refractivity contribution in [3.63, 3.8) is 0 Å². The Labute approximate surface area is 111 Å². The first-order valence-electron chi connectivity index (χ1n) is 5.50. The molecule has 100 valence electrons. The second-order valence-corrected chi connectivity index (χ2v) is 4.97. The zero-order valence-corrected chi connectivity index (χ0v) is 11.5. The van der Waals surface area contributed by atoms with E-state index in [0.717, 1.165) is 11.4 Å². The van der Waals surface area contributed by atoms with Crippen molar-refractivity contribution in [2.24, 2.45) is 10.9 Å². The predicted molar refractivity (Wildman–Crippen MR) is 75.2 cm³/mol. The molecule has 0 bridgehead atoms. The molecule has 0 radical (unpaired) electrons. The molecule has 3 N–H and O–H groups in total. The van der Waals surface area contributed by atoms with Crippen LogP contribution in [-0.2, 0) is 0 Å². The first-order valence-corrected chi connectivity index (χ1v) is 6.89. The van der Waals surface area contributed by atoms with Crippen LogP contribution in [0.3, 0.4) is 0 Å². The topological polar surface area (TPSA) is 61.8 Å². The third-order valence-corrected chi connectivity index (χ3v) is 3.61. The number of benzene rings is 1. The van der Waals surface area contributed by atoms with Gasteiger partial charge < -0.3 is 15.8 Å². The third-order valence-electron chi connectivity index (χ3n) is 2.79. The highest BCUT2D eigenvalue weighted by atomic mass is 32.2. The summed E-state index contributed by atoms with van der Waals surface area (Å²) in [6.45, 7) is 2.07. The molecule has 0 aromatic heterocycles. The minimum absolute atomic E-state index is 0.0901. The Balaban J connectivity index is 3.15. The minimum Gasteiger partial charge on any atom is -0.409 e. The maximum Gasteiger partial charge on any atom is 0.172 e. The van der Waals surface area contributed by atoms with Crippen molar-refractivity contribution in [2.75, 3.05) is 24.0 Å². The number of amidine groups is 1. The highest BCUT2D eigenvalue weighted by Gasteiger charge is 2.16. The van der Waals surface area contributed by atoms with Gasteiger partial charge in [0, 0.05) is 30.1 Å². The average molecular weight is 271 g/mol. The number of halogens is 1. The van der Waals surface area contributed by atoms with Crippen molar-refractivity contribution >= 4 is 23.3 Å². The number of nitrogens with two attached hydrogens (primary N) is 1. The van der Waals surface area contributed by atoms with Gasteiger partial charge in [0.25, 0.3) is 0 Å². The van der Waals surface area contributed by atoms with Gasteiger partial charge in [-0.25, -0.2) is 4.39 Å². The molecule has 1 atom stereocenters. The van der Waals surface area contributed by atoms with Crippen LogP contribution in [0.2, 0.25) is 0 Å². The van der Waals surface area contributed by atoms with Crippen LogP contribution in [0.25, 0.3) is 0 Å². The fourth-order valence-electron chi connectivity index (χ4n) is 1.67. The van der Waals surface area contributed by atoms with Gasteiger partial charge in [0.1, 0.15) is 5.82 Å². The molecule has 0 fully saturated rings. The average Bonchev–Trinajstić information content (AvgIpc) is 2.37. The Morgan fingerprint density at radius 3 is 2.83 bits per heavy atom. The number of anilines is 1. The molecule has 1 rings (SSSR count). The van der Waals surface area contributed by atoms with Gasteiger partial charge in [-0.3, -0.25) is 0 Å². The van der Waals surface area contributed by atoms with E-state index in [9.17, 15) is 4.39 Å². The van der Waals surface area contributed by atoms with Gasteiger partial charge in [0.15, 0.2) is 5.84 Å². The van der Waals surface area contributed by atoms with E-state index >= 15 is 0 Å². The quantitative estimate of drug-likeness (QED) is 0.373. The van der Waals surface area contributed by atoms with Gasteiger partial charge in [-0.15, -0.1) is 0 Å². The van der Waals surface area contributed by atoms with Gasteiger partial charge in [-0.1, -0.05) is 5.16 Å². The summed E-state index contributed by atoms with van der Waals surface area (Å²) in [5.74, 6) is 0.433. The Morgan fingerprint density at radius 1 is 1.61 bits per heavy atom. The summed E-state index contributed by atoms with van der Waals surface area (Å²) in [5.41, 5.74) is 6.72. The van der Waals surface area contributed by atoms with Gasteiger partial charge in [-0.05, 0) is 31.4 Å². The number of rotatable bonds is 5. The molecule has 1 unspecified atom stereocenters. The van der Waals surface area contributed by atoms with E-state index in [1.54, 1.807) is 17.8 Å². The lowest BCUT2D eigenvalue weighted by Gasteiger charge is -2.28. The van der Waals surface area contributed by atoms with E-state index in [0.29, 0.717) is 5.56 Å². The number of thioether (sulfide) groups is 1. The molecule has 0 amide bonds. The first kappa shape index (κ1) is 14.6. The van der Waals surface area contributed by atoms with E-state index in [4.69, 9.17) is 10.9 Å². The molecule has 0 saturated carbocycles. The molecule has 0 heterocycles. The lowest BCUT2D eigenvalue weighted by molar-refractivity contribution is 0.318. The highest BCUT2D eigenvalue weighted by Crippen LogP contribution is 2.23. The molecule has 0 saturated heterocycles. The van der Waals surface area contributed by atoms with Crippen molar-refractivity contribution in [2.45, 2.75) is 13.0 Å². The van der Waals surface area contributed by atoms with Crippen LogP contribution >= 0.6 is 11.8 Å². The van der Waals surface area contributed by atoms with Crippen LogP contribution in [0.5, 0.6) is 0 Å². The molecule has 0 aliphatic rings. The number of hydrogen-bond donors (Lipinski definition) is 2. The second kappa shape index (κ2) is 6.49. The second-order valence-electron chi connectivity index (χ2n) is 4.06. The van der Waals surface area contributed by atoms with E-state index in [-0.39, 0.29) is 11.9 Å². The lowest BCUT2D eigenvalue weighted by Crippen LogP contribution is -2.33. The molecule has 0 aliphatic carbocycles. The predicted octanol–water partition coefficient (Wildman–Crippen LogP) is 2.11. The van der Waals surface area contributed by atoms with Gasteiger partial charge in [0.05, 0.1) is 0 Å². The van der Waals surface area contributed by atoms with Crippen LogP contribution < -0.4 is 10.6 Å². The van der Waals surface area contributed by atoms with E-state index in [1.807, 2.05) is 18.2 Å². The van der Waals surface area contributed by atoms with Crippen molar-refractivity contribution in [3.05, 3.63) is 29.6 Å². The molecule has 0 aliphatic heterocycles. The lowest BCUT2D eigenvalue weighted by atomic mass is 10.1. The van der Waals surface area contributed by atoms with Crippen molar-refractivity contribution < 1.29 is 9.60 Å². The molecular weight excluding hydrogens is 253 g/mol. The summed E-state index contributed by atoms with van der Waals surface area (Å²) in [5, 5.41) is 11.7. The van der Waals surface area contributed by atoms with E-state index in [2.05, 4.69) is 12.1 Å². The van der Waals surface area contributed by atoms with Gasteiger partial charge in [-0.2, -0.15) is 11.8 Å². The van der Waals surface area contributed by atoms with E-state index in [1.165, 1.54) is 12.1 Å². The zero-order valence-electron chi connectivity index (χ0n) is 10.7. The maximum absolute atomic E-state index is 13.2. The number of oxime groups is 1. The van der Waals surface area contributed by atoms with Gasteiger partial charge >= 0.3 is 0 Å². The molecule has 1 aromatic carbocycles. The van der Waals surface area contributed by atoms with Crippen LogP contribution in [0.15, 0.2) is 23.4 Å². The number of nitrogens with zero attached hydrogens (tertiary/aromatic N) is 2. The normalized spacial score (nSPS) is 13.4. The fourth-order valence-corrected chi connectivity index (χ4v) is 2.37. The zero-order chi connectivity index (χ0) is 13.7. The van der Waals surface area contributed by atoms with Crippen molar-refractivity contribution in [1.82, 2.24) is 0 Å². The van der Waals surface area contributed by atoms with Crippen LogP contribution in [0.1, 0.15) is 12.5 Å². The van der Waals surface area contributed by atoms with E-state index < -0.39 is 5.82 Å². The van der Waals surface area contributed by atoms with Crippen molar-refractivity contribution in [3.8, 4) is 0 Å². The first-order chi connectivity index (χ1) is 8.51. The Bertz CT molecular complexity index is 439. The molecule has 6 heteroatoms. The molecule has 0 spiro atoms. The fraction of sp³-hybridized carbons (Fsp3) is 0.417. The Morgan fingerprint density at radius 2 is 2.28 bits per heavy atom. The van der Waals surface area contributed by atoms with Crippen LogP contribution in [-0.4, -0.2) is 36.1 Å². The minimum atomic E-state index is -0.411. The van der Waals surface area contributed by atoms with Crippen LogP contribution in [0, 0.1) is 5.82 Å². The number of hydrogen-bond acceptors (Lipinski definition) is 4. The Hall–Kier alpha value is -1.43.